The Bertz CT molecular complexity index is 900. The van der Waals surface area contributed by atoms with E-state index in [0.29, 0.717) is 0 Å². The molecular weight excluding hydrogens is 360 g/mol. The highest BCUT2D eigenvalue weighted by Gasteiger charge is 2.31. The first-order valence-electron chi connectivity index (χ1n) is 8.72. The fourth-order valence-corrected chi connectivity index (χ4v) is 5.97. The van der Waals surface area contributed by atoms with E-state index in [-0.39, 0.29) is 17.9 Å². The van der Waals surface area contributed by atoms with Gasteiger partial charge in [-0.3, -0.25) is 4.79 Å². The van der Waals surface area contributed by atoms with Crippen LogP contribution in [-0.4, -0.2) is 12.1 Å². The number of hydrogen-bond donors (Lipinski definition) is 1. The average molecular weight is 381 g/mol. The monoisotopic (exact) mass is 381 g/mol. The van der Waals surface area contributed by atoms with Crippen molar-refractivity contribution in [2.45, 2.75) is 13.0 Å². The fourth-order valence-electron chi connectivity index (χ4n) is 3.13. The zero-order valence-corrected chi connectivity index (χ0v) is 15.9. The molecule has 0 saturated heterocycles. The summed E-state index contributed by atoms with van der Waals surface area (Å²) in [7, 11) is -3.02. The summed E-state index contributed by atoms with van der Waals surface area (Å²) < 4.78 is 27.6. The van der Waals surface area contributed by atoms with Gasteiger partial charge in [-0.15, -0.1) is 0 Å². The van der Waals surface area contributed by atoms with Crippen molar-refractivity contribution in [3.63, 3.8) is 0 Å². The van der Waals surface area contributed by atoms with Crippen LogP contribution in [0.3, 0.4) is 0 Å². The quantitative estimate of drug-likeness (QED) is 0.656. The third kappa shape index (κ3) is 4.53. The van der Waals surface area contributed by atoms with Gasteiger partial charge >= 0.3 is 0 Å². The summed E-state index contributed by atoms with van der Waals surface area (Å²) in [5.41, 5.74) is 0.721. The van der Waals surface area contributed by atoms with Crippen LogP contribution >= 0.6 is 7.14 Å². The van der Waals surface area contributed by atoms with E-state index in [1.807, 2.05) is 60.7 Å². The molecule has 0 aromatic heterocycles. The fraction of sp³-hybridized carbons (Fsp3) is 0.136. The molecule has 0 saturated carbocycles. The normalized spacial score (nSPS) is 12.4. The first kappa shape index (κ1) is 19.1. The Kier molecular flexibility index (Phi) is 5.88. The summed E-state index contributed by atoms with van der Waals surface area (Å²) in [4.78, 5) is 11.8. The van der Waals surface area contributed by atoms with E-state index in [9.17, 15) is 13.8 Å². The topological polar surface area (TPSA) is 46.2 Å². The van der Waals surface area contributed by atoms with Crippen LogP contribution < -0.4 is 15.9 Å². The smallest absolute Gasteiger partial charge is 0.217 e. The standard InChI is InChI=1S/C22H21FNO2P/c1-17(25)24-22(18-12-14-19(23)15-13-18)16-27(26,20-8-4-2-5-9-20)21-10-6-3-7-11-21/h2-15,22H,16H2,1H3,(H,24,25). The summed E-state index contributed by atoms with van der Waals surface area (Å²) in [5, 5.41) is 4.34. The first-order valence-corrected chi connectivity index (χ1v) is 10.6. The largest absolute Gasteiger partial charge is 0.349 e. The Hall–Kier alpha value is -2.71. The lowest BCUT2D eigenvalue weighted by Gasteiger charge is -2.26. The second-order valence-electron chi connectivity index (χ2n) is 6.40. The molecule has 1 N–H and O–H groups in total. The molecule has 3 nitrogen and oxygen atoms in total. The van der Waals surface area contributed by atoms with E-state index >= 15 is 0 Å². The second-order valence-corrected chi connectivity index (χ2v) is 9.28. The van der Waals surface area contributed by atoms with Gasteiger partial charge in [0, 0.05) is 23.7 Å². The van der Waals surface area contributed by atoms with Crippen LogP contribution in [0.25, 0.3) is 0 Å². The number of rotatable bonds is 6. The highest BCUT2D eigenvalue weighted by Crippen LogP contribution is 2.46. The number of amides is 1. The number of nitrogens with one attached hydrogen (secondary N) is 1. The van der Waals surface area contributed by atoms with Gasteiger partial charge in [-0.05, 0) is 17.7 Å². The molecule has 0 aliphatic heterocycles. The van der Waals surface area contributed by atoms with Crippen LogP contribution in [-0.2, 0) is 9.36 Å². The van der Waals surface area contributed by atoms with Crippen LogP contribution in [0.5, 0.6) is 0 Å². The predicted molar refractivity (Wildman–Crippen MR) is 108 cm³/mol. The average Bonchev–Trinajstić information content (AvgIpc) is 2.69. The third-order valence-corrected chi connectivity index (χ3v) is 7.58. The lowest BCUT2D eigenvalue weighted by atomic mass is 10.1. The van der Waals surface area contributed by atoms with Gasteiger partial charge in [0.25, 0.3) is 0 Å². The van der Waals surface area contributed by atoms with Crippen molar-refractivity contribution in [3.05, 3.63) is 96.3 Å². The molecule has 0 radical (unpaired) electrons. The maximum Gasteiger partial charge on any atom is 0.217 e. The maximum atomic E-state index is 14.2. The van der Waals surface area contributed by atoms with E-state index in [1.54, 1.807) is 12.1 Å². The van der Waals surface area contributed by atoms with Gasteiger partial charge in [-0.2, -0.15) is 0 Å². The molecule has 3 aromatic rings. The minimum Gasteiger partial charge on any atom is -0.349 e. The Morgan fingerprint density at radius 1 is 0.889 bits per heavy atom. The van der Waals surface area contributed by atoms with Crippen molar-refractivity contribution >= 4 is 23.7 Å². The summed E-state index contributed by atoms with van der Waals surface area (Å²) >= 11 is 0. The third-order valence-electron chi connectivity index (χ3n) is 4.44. The summed E-state index contributed by atoms with van der Waals surface area (Å²) in [6.07, 6.45) is 0.215. The zero-order valence-electron chi connectivity index (χ0n) is 15.0. The molecule has 27 heavy (non-hydrogen) atoms. The zero-order chi connectivity index (χ0) is 19.3. The maximum absolute atomic E-state index is 14.2. The van der Waals surface area contributed by atoms with Crippen molar-refractivity contribution in [2.24, 2.45) is 0 Å². The lowest BCUT2D eigenvalue weighted by molar-refractivity contribution is -0.119. The molecule has 0 heterocycles. The second kappa shape index (κ2) is 8.32. The van der Waals surface area contributed by atoms with Crippen molar-refractivity contribution in [1.82, 2.24) is 5.32 Å². The van der Waals surface area contributed by atoms with Crippen LogP contribution in [0.4, 0.5) is 4.39 Å². The Morgan fingerprint density at radius 2 is 1.37 bits per heavy atom. The van der Waals surface area contributed by atoms with Crippen molar-refractivity contribution < 1.29 is 13.8 Å². The molecule has 3 rings (SSSR count). The van der Waals surface area contributed by atoms with Gasteiger partial charge in [0.1, 0.15) is 13.0 Å². The van der Waals surface area contributed by atoms with Gasteiger partial charge in [-0.25, -0.2) is 4.39 Å². The minimum absolute atomic E-state index is 0.215. The van der Waals surface area contributed by atoms with Gasteiger partial charge in [0.2, 0.25) is 5.91 Å². The number of hydrogen-bond acceptors (Lipinski definition) is 2. The van der Waals surface area contributed by atoms with Gasteiger partial charge in [0.15, 0.2) is 0 Å². The van der Waals surface area contributed by atoms with Gasteiger partial charge in [-0.1, -0.05) is 72.8 Å². The van der Waals surface area contributed by atoms with E-state index in [1.165, 1.54) is 19.1 Å². The van der Waals surface area contributed by atoms with E-state index in [4.69, 9.17) is 0 Å². The Morgan fingerprint density at radius 3 is 1.81 bits per heavy atom. The minimum atomic E-state index is -3.02. The van der Waals surface area contributed by atoms with Crippen molar-refractivity contribution in [2.75, 3.05) is 6.16 Å². The van der Waals surface area contributed by atoms with E-state index < -0.39 is 13.2 Å². The molecule has 0 aliphatic rings. The molecule has 0 aliphatic carbocycles. The molecule has 0 fully saturated rings. The number of carbonyl (C=O) groups is 1. The van der Waals surface area contributed by atoms with Gasteiger partial charge in [0.05, 0.1) is 6.04 Å². The summed E-state index contributed by atoms with van der Waals surface area (Å²) in [5.74, 6) is -0.577. The molecule has 5 heteroatoms. The summed E-state index contributed by atoms with van der Waals surface area (Å²) in [6.45, 7) is 1.42. The SMILES string of the molecule is CC(=O)NC(CP(=O)(c1ccccc1)c1ccccc1)c1ccc(F)cc1. The predicted octanol–water partition coefficient (Wildman–Crippen LogP) is 4.02. The molecule has 0 spiro atoms. The van der Waals surface area contributed by atoms with E-state index in [2.05, 4.69) is 5.32 Å². The molecule has 1 unspecified atom stereocenters. The molecule has 1 amide bonds. The molecular formula is C22H21FNO2P. The number of benzene rings is 3. The molecule has 0 bridgehead atoms. The summed E-state index contributed by atoms with van der Waals surface area (Å²) in [6, 6.07) is 24.0. The van der Waals surface area contributed by atoms with Crippen molar-refractivity contribution in [3.8, 4) is 0 Å². The molecule has 1 atom stereocenters. The Balaban J connectivity index is 2.07. The highest BCUT2D eigenvalue weighted by molar-refractivity contribution is 7.78. The van der Waals surface area contributed by atoms with Crippen LogP contribution in [0.15, 0.2) is 84.9 Å². The van der Waals surface area contributed by atoms with Crippen LogP contribution in [0, 0.1) is 5.82 Å². The van der Waals surface area contributed by atoms with Crippen LogP contribution in [0.2, 0.25) is 0 Å². The number of carbonyl (C=O) groups excluding carboxylic acids is 1. The highest BCUT2D eigenvalue weighted by atomic mass is 31.2. The number of halogens is 1. The van der Waals surface area contributed by atoms with E-state index in [0.717, 1.165) is 16.2 Å². The van der Waals surface area contributed by atoms with Crippen molar-refractivity contribution in [1.29, 1.82) is 0 Å². The first-order chi connectivity index (χ1) is 13.0. The molecule has 138 valence electrons. The Labute approximate surface area is 158 Å². The van der Waals surface area contributed by atoms with Gasteiger partial charge < -0.3 is 9.88 Å². The lowest BCUT2D eigenvalue weighted by Crippen LogP contribution is -2.32. The molecule has 3 aromatic carbocycles. The van der Waals surface area contributed by atoms with Crippen LogP contribution in [0.1, 0.15) is 18.5 Å².